The predicted octanol–water partition coefficient (Wildman–Crippen LogP) is 2.47. The van der Waals surface area contributed by atoms with E-state index in [4.69, 9.17) is 10.00 Å². The van der Waals surface area contributed by atoms with E-state index in [9.17, 15) is 5.21 Å². The molecular formula is C17H15N3O2. The van der Waals surface area contributed by atoms with Gasteiger partial charge in [-0.2, -0.15) is 9.99 Å². The van der Waals surface area contributed by atoms with Crippen LogP contribution in [-0.4, -0.2) is 11.4 Å². The first kappa shape index (κ1) is 14.1. The van der Waals surface area contributed by atoms with Gasteiger partial charge in [0.25, 0.3) is 0 Å². The molecule has 5 nitrogen and oxygen atoms in total. The molecule has 0 N–H and O–H groups in total. The molecule has 2 heterocycles. The Morgan fingerprint density at radius 2 is 2.09 bits per heavy atom. The first-order valence-corrected chi connectivity index (χ1v) is 6.94. The molecule has 0 spiro atoms. The molecule has 3 rings (SSSR count). The number of pyridine rings is 1. The van der Waals surface area contributed by atoms with Gasteiger partial charge in [-0.1, -0.05) is 0 Å². The highest BCUT2D eigenvalue weighted by atomic mass is 16.5. The molecule has 0 bridgehead atoms. The van der Waals surface area contributed by atoms with E-state index < -0.39 is 5.72 Å². The Bertz CT molecular complexity index is 812. The number of aromatic nitrogens is 1. The monoisotopic (exact) mass is 293 g/mol. The molecule has 0 amide bonds. The van der Waals surface area contributed by atoms with Gasteiger partial charge in [-0.05, 0) is 45.0 Å². The van der Waals surface area contributed by atoms with Crippen LogP contribution >= 0.6 is 0 Å². The standard InChI is InChI=1S/C17H15N3O2/c1-11-5-4-8-20(21)16(11)15-13-9-12(10-18)6-7-14(13)22-17(2,3)19-15/h4-9H,1-3H3. The molecule has 0 aliphatic carbocycles. The maximum atomic E-state index is 12.2. The summed E-state index contributed by atoms with van der Waals surface area (Å²) in [4.78, 5) is 4.59. The smallest absolute Gasteiger partial charge is 0.245 e. The number of aliphatic imine (C=N–C) groups is 1. The fourth-order valence-corrected chi connectivity index (χ4v) is 2.56. The fraction of sp³-hybridized carbons (Fsp3) is 0.235. The third-order valence-corrected chi connectivity index (χ3v) is 3.49. The second-order valence-electron chi connectivity index (χ2n) is 5.70. The van der Waals surface area contributed by atoms with Crippen LogP contribution in [0.4, 0.5) is 0 Å². The first-order chi connectivity index (χ1) is 10.4. The summed E-state index contributed by atoms with van der Waals surface area (Å²) in [5.74, 6) is 0.622. The molecule has 0 atom stereocenters. The van der Waals surface area contributed by atoms with E-state index in [-0.39, 0.29) is 0 Å². The van der Waals surface area contributed by atoms with Crippen LogP contribution in [0.1, 0.15) is 36.2 Å². The second-order valence-corrected chi connectivity index (χ2v) is 5.70. The summed E-state index contributed by atoms with van der Waals surface area (Å²) in [5, 5.41) is 21.4. The minimum absolute atomic E-state index is 0.482. The van der Waals surface area contributed by atoms with Crippen LogP contribution in [0.5, 0.6) is 5.75 Å². The summed E-state index contributed by atoms with van der Waals surface area (Å²) in [6.07, 6.45) is 1.45. The van der Waals surface area contributed by atoms with Crippen molar-refractivity contribution in [3.05, 3.63) is 64.1 Å². The Balaban J connectivity index is 2.30. The lowest BCUT2D eigenvalue weighted by Gasteiger charge is -2.29. The molecule has 110 valence electrons. The van der Waals surface area contributed by atoms with Crippen LogP contribution in [0, 0.1) is 23.5 Å². The first-order valence-electron chi connectivity index (χ1n) is 6.94. The Hall–Kier alpha value is -2.87. The van der Waals surface area contributed by atoms with Crippen LogP contribution < -0.4 is 9.47 Å². The molecule has 22 heavy (non-hydrogen) atoms. The van der Waals surface area contributed by atoms with Crippen LogP contribution in [0.25, 0.3) is 0 Å². The lowest BCUT2D eigenvalue weighted by molar-refractivity contribution is -0.607. The zero-order chi connectivity index (χ0) is 15.9. The molecule has 0 saturated carbocycles. The van der Waals surface area contributed by atoms with Gasteiger partial charge in [0.1, 0.15) is 11.5 Å². The average Bonchev–Trinajstić information content (AvgIpc) is 2.45. The third-order valence-electron chi connectivity index (χ3n) is 3.49. The fourth-order valence-electron chi connectivity index (χ4n) is 2.56. The van der Waals surface area contributed by atoms with Crippen molar-refractivity contribution in [2.75, 3.05) is 0 Å². The van der Waals surface area contributed by atoms with E-state index in [1.807, 2.05) is 26.8 Å². The summed E-state index contributed by atoms with van der Waals surface area (Å²) in [5.41, 5.74) is 2.25. The van der Waals surface area contributed by atoms with E-state index in [0.29, 0.717) is 28.3 Å². The van der Waals surface area contributed by atoms with Crippen LogP contribution in [-0.2, 0) is 0 Å². The minimum atomic E-state index is -0.772. The number of hydrogen-bond donors (Lipinski definition) is 0. The number of benzene rings is 1. The normalized spacial score (nSPS) is 15.3. The zero-order valence-corrected chi connectivity index (χ0v) is 12.6. The van der Waals surface area contributed by atoms with Crippen LogP contribution in [0.15, 0.2) is 41.5 Å². The predicted molar refractivity (Wildman–Crippen MR) is 81.6 cm³/mol. The van der Waals surface area contributed by atoms with E-state index in [0.717, 1.165) is 10.3 Å². The van der Waals surface area contributed by atoms with Gasteiger partial charge in [-0.25, -0.2) is 4.99 Å². The number of aryl methyl sites for hydroxylation is 1. The summed E-state index contributed by atoms with van der Waals surface area (Å²) in [7, 11) is 0. The van der Waals surface area contributed by atoms with Crippen molar-refractivity contribution in [2.24, 2.45) is 4.99 Å². The number of nitriles is 1. The van der Waals surface area contributed by atoms with E-state index in [1.165, 1.54) is 6.20 Å². The Morgan fingerprint density at radius 1 is 1.32 bits per heavy atom. The van der Waals surface area contributed by atoms with Crippen molar-refractivity contribution in [2.45, 2.75) is 26.5 Å². The van der Waals surface area contributed by atoms with E-state index >= 15 is 0 Å². The number of nitrogens with zero attached hydrogens (tertiary/aromatic N) is 3. The lowest BCUT2D eigenvalue weighted by Crippen LogP contribution is -2.40. The maximum Gasteiger partial charge on any atom is 0.245 e. The molecule has 1 aromatic heterocycles. The van der Waals surface area contributed by atoms with E-state index in [2.05, 4.69) is 11.1 Å². The van der Waals surface area contributed by atoms with Crippen LogP contribution in [0.3, 0.4) is 0 Å². The van der Waals surface area contributed by atoms with Crippen molar-refractivity contribution in [3.8, 4) is 11.8 Å². The molecule has 5 heteroatoms. The van der Waals surface area contributed by atoms with Gasteiger partial charge in [0.2, 0.25) is 5.69 Å². The van der Waals surface area contributed by atoms with Gasteiger partial charge in [-0.15, -0.1) is 0 Å². The van der Waals surface area contributed by atoms with Crippen molar-refractivity contribution < 1.29 is 9.47 Å². The molecule has 0 fully saturated rings. The average molecular weight is 293 g/mol. The van der Waals surface area contributed by atoms with Crippen LogP contribution in [0.2, 0.25) is 0 Å². The van der Waals surface area contributed by atoms with Gasteiger partial charge in [0.15, 0.2) is 11.9 Å². The summed E-state index contributed by atoms with van der Waals surface area (Å²) in [6, 6.07) is 10.8. The zero-order valence-electron chi connectivity index (χ0n) is 12.6. The Kier molecular flexibility index (Phi) is 3.10. The van der Waals surface area contributed by atoms with Gasteiger partial charge < -0.3 is 9.94 Å². The van der Waals surface area contributed by atoms with Gasteiger partial charge >= 0.3 is 0 Å². The molecule has 1 aliphatic heterocycles. The minimum Gasteiger partial charge on any atom is -0.618 e. The number of rotatable bonds is 1. The molecule has 0 saturated heterocycles. The number of hydrogen-bond acceptors (Lipinski definition) is 4. The Morgan fingerprint density at radius 3 is 2.77 bits per heavy atom. The van der Waals surface area contributed by atoms with Crippen molar-refractivity contribution in [1.29, 1.82) is 5.26 Å². The SMILES string of the molecule is Cc1ccc[n+]([O-])c1C1=NC(C)(C)Oc2ccc(C#N)cc21. The number of fused-ring (bicyclic) bond motifs is 1. The Labute approximate surface area is 128 Å². The van der Waals surface area contributed by atoms with Gasteiger partial charge in [0, 0.05) is 11.6 Å². The number of ether oxygens (including phenoxy) is 1. The quantitative estimate of drug-likeness (QED) is 0.599. The molecule has 1 aliphatic rings. The summed E-state index contributed by atoms with van der Waals surface area (Å²) >= 11 is 0. The largest absolute Gasteiger partial charge is 0.618 e. The molecule has 2 aromatic rings. The highest BCUT2D eigenvalue weighted by Gasteiger charge is 2.33. The summed E-state index contributed by atoms with van der Waals surface area (Å²) in [6.45, 7) is 5.53. The molecule has 0 radical (unpaired) electrons. The van der Waals surface area contributed by atoms with Gasteiger partial charge in [0.05, 0.1) is 17.2 Å². The van der Waals surface area contributed by atoms with Crippen molar-refractivity contribution >= 4 is 5.71 Å². The van der Waals surface area contributed by atoms with E-state index in [1.54, 1.807) is 24.3 Å². The maximum absolute atomic E-state index is 12.2. The lowest BCUT2D eigenvalue weighted by atomic mass is 9.98. The summed E-state index contributed by atoms with van der Waals surface area (Å²) < 4.78 is 6.65. The molecular weight excluding hydrogens is 278 g/mol. The second kappa shape index (κ2) is 4.85. The molecule has 1 aromatic carbocycles. The third kappa shape index (κ3) is 2.29. The topological polar surface area (TPSA) is 72.3 Å². The molecule has 0 unspecified atom stereocenters. The van der Waals surface area contributed by atoms with Gasteiger partial charge in [-0.3, -0.25) is 0 Å². The highest BCUT2D eigenvalue weighted by Crippen LogP contribution is 2.33. The highest BCUT2D eigenvalue weighted by molar-refractivity contribution is 6.14. The van der Waals surface area contributed by atoms with Crippen molar-refractivity contribution in [1.82, 2.24) is 0 Å². The van der Waals surface area contributed by atoms with Crippen molar-refractivity contribution in [3.63, 3.8) is 0 Å².